The Bertz CT molecular complexity index is 444. The van der Waals surface area contributed by atoms with Crippen LogP contribution in [0.25, 0.3) is 0 Å². The van der Waals surface area contributed by atoms with Crippen LogP contribution >= 0.6 is 11.8 Å². The van der Waals surface area contributed by atoms with Crippen LogP contribution in [0.1, 0.15) is 25.7 Å². The number of nitrogens with two attached hydrogens (primary N) is 1. The van der Waals surface area contributed by atoms with Gasteiger partial charge in [-0.3, -0.25) is 24.1 Å². The molecule has 2 aliphatic rings. The van der Waals surface area contributed by atoms with Crippen LogP contribution in [-0.2, 0) is 14.4 Å². The monoisotopic (exact) mass is 313 g/mol. The van der Waals surface area contributed by atoms with Gasteiger partial charge in [0.1, 0.15) is 0 Å². The first-order valence-corrected chi connectivity index (χ1v) is 8.01. The Labute approximate surface area is 127 Å². The number of imide groups is 1. The highest BCUT2D eigenvalue weighted by Gasteiger charge is 2.31. The predicted octanol–water partition coefficient (Wildman–Crippen LogP) is 0.0897. The Balaban J connectivity index is 1.69. The number of nitrogens with one attached hydrogen (secondary N) is 1. The van der Waals surface area contributed by atoms with Crippen molar-refractivity contribution in [3.05, 3.63) is 0 Å². The number of thioether (sulfide) groups is 1. The molecule has 1 saturated heterocycles. The van der Waals surface area contributed by atoms with Crippen LogP contribution in [0, 0.1) is 11.8 Å². The SMILES string of the molecule is NC(=O)C1CCC(C(=O)NCCN2C(=O)CSC2=O)CC1. The zero-order valence-electron chi connectivity index (χ0n) is 11.7. The van der Waals surface area contributed by atoms with E-state index in [1.165, 1.54) is 0 Å². The standard InChI is InChI=1S/C13H19N3O4S/c14-11(18)8-1-3-9(4-2-8)12(19)15-5-6-16-10(17)7-21-13(16)20/h8-9H,1-7H2,(H2,14,18)(H,15,19). The van der Waals surface area contributed by atoms with Gasteiger partial charge < -0.3 is 11.1 Å². The summed E-state index contributed by atoms with van der Waals surface area (Å²) in [5.74, 6) is -0.627. The predicted molar refractivity (Wildman–Crippen MR) is 77.2 cm³/mol. The van der Waals surface area contributed by atoms with Crippen molar-refractivity contribution < 1.29 is 19.2 Å². The minimum atomic E-state index is -0.294. The number of rotatable bonds is 5. The van der Waals surface area contributed by atoms with Gasteiger partial charge in [-0.15, -0.1) is 0 Å². The molecule has 0 aromatic rings. The number of carbonyl (C=O) groups excluding carboxylic acids is 4. The summed E-state index contributed by atoms with van der Waals surface area (Å²) in [7, 11) is 0. The number of amides is 4. The molecule has 0 bridgehead atoms. The molecule has 0 aromatic heterocycles. The third kappa shape index (κ3) is 3.96. The molecule has 8 heteroatoms. The number of nitrogens with zero attached hydrogens (tertiary/aromatic N) is 1. The average molecular weight is 313 g/mol. The maximum absolute atomic E-state index is 12.0. The molecule has 21 heavy (non-hydrogen) atoms. The first-order valence-electron chi connectivity index (χ1n) is 7.03. The van der Waals surface area contributed by atoms with Crippen molar-refractivity contribution in [2.75, 3.05) is 18.8 Å². The summed E-state index contributed by atoms with van der Waals surface area (Å²) < 4.78 is 0. The average Bonchev–Trinajstić information content (AvgIpc) is 2.79. The second-order valence-corrected chi connectivity index (χ2v) is 6.27. The summed E-state index contributed by atoms with van der Waals surface area (Å²) in [6.45, 7) is 0.486. The third-order valence-corrected chi connectivity index (χ3v) is 4.83. The molecule has 0 unspecified atom stereocenters. The van der Waals surface area contributed by atoms with Gasteiger partial charge in [0.15, 0.2) is 0 Å². The molecule has 0 atom stereocenters. The van der Waals surface area contributed by atoms with Gasteiger partial charge in [0.25, 0.3) is 5.24 Å². The van der Waals surface area contributed by atoms with E-state index in [9.17, 15) is 19.2 Å². The van der Waals surface area contributed by atoms with E-state index < -0.39 is 0 Å². The lowest BCUT2D eigenvalue weighted by Crippen LogP contribution is -2.40. The van der Waals surface area contributed by atoms with Crippen molar-refractivity contribution in [2.24, 2.45) is 17.6 Å². The molecule has 1 aliphatic heterocycles. The molecule has 2 fully saturated rings. The summed E-state index contributed by atoms with van der Waals surface area (Å²) >= 11 is 0.984. The van der Waals surface area contributed by atoms with E-state index in [4.69, 9.17) is 5.73 Å². The third-order valence-electron chi connectivity index (χ3n) is 3.98. The van der Waals surface area contributed by atoms with Gasteiger partial charge in [-0.05, 0) is 25.7 Å². The molecule has 1 heterocycles. The van der Waals surface area contributed by atoms with Gasteiger partial charge in [0.2, 0.25) is 17.7 Å². The van der Waals surface area contributed by atoms with Crippen LogP contribution in [0.4, 0.5) is 4.79 Å². The van der Waals surface area contributed by atoms with Crippen molar-refractivity contribution in [1.82, 2.24) is 10.2 Å². The Kier molecular flexibility index (Phi) is 5.22. The molecular formula is C13H19N3O4S. The first kappa shape index (κ1) is 15.8. The molecule has 0 spiro atoms. The molecule has 1 aliphatic carbocycles. The summed E-state index contributed by atoms with van der Waals surface area (Å²) in [5.41, 5.74) is 5.25. The van der Waals surface area contributed by atoms with Crippen molar-refractivity contribution in [1.29, 1.82) is 0 Å². The minimum Gasteiger partial charge on any atom is -0.369 e. The van der Waals surface area contributed by atoms with Crippen LogP contribution in [0.3, 0.4) is 0 Å². The van der Waals surface area contributed by atoms with E-state index in [1.54, 1.807) is 0 Å². The summed E-state index contributed by atoms with van der Waals surface area (Å²) in [4.78, 5) is 47.0. The lowest BCUT2D eigenvalue weighted by atomic mass is 9.81. The quantitative estimate of drug-likeness (QED) is 0.747. The molecule has 7 nitrogen and oxygen atoms in total. The fourth-order valence-corrected chi connectivity index (χ4v) is 3.42. The molecule has 116 valence electrons. The van der Waals surface area contributed by atoms with Crippen LogP contribution in [0.15, 0.2) is 0 Å². The van der Waals surface area contributed by atoms with Gasteiger partial charge >= 0.3 is 0 Å². The zero-order valence-corrected chi connectivity index (χ0v) is 12.5. The van der Waals surface area contributed by atoms with Crippen molar-refractivity contribution in [3.63, 3.8) is 0 Å². The van der Waals surface area contributed by atoms with Crippen molar-refractivity contribution in [2.45, 2.75) is 25.7 Å². The van der Waals surface area contributed by atoms with E-state index in [-0.39, 0.29) is 53.6 Å². The smallest absolute Gasteiger partial charge is 0.288 e. The van der Waals surface area contributed by atoms with Gasteiger partial charge in [0.05, 0.1) is 5.75 Å². The Morgan fingerprint density at radius 3 is 2.33 bits per heavy atom. The van der Waals surface area contributed by atoms with Gasteiger partial charge in [-0.1, -0.05) is 11.8 Å². The Hall–Kier alpha value is -1.57. The van der Waals surface area contributed by atoms with E-state index in [2.05, 4.69) is 5.32 Å². The van der Waals surface area contributed by atoms with Gasteiger partial charge in [-0.25, -0.2) is 0 Å². The van der Waals surface area contributed by atoms with E-state index in [0.29, 0.717) is 25.7 Å². The van der Waals surface area contributed by atoms with Crippen LogP contribution < -0.4 is 11.1 Å². The van der Waals surface area contributed by atoms with Crippen LogP contribution in [-0.4, -0.2) is 46.7 Å². The molecule has 3 N–H and O–H groups in total. The second kappa shape index (κ2) is 6.93. The fraction of sp³-hybridized carbons (Fsp3) is 0.692. The topological polar surface area (TPSA) is 110 Å². The molecule has 0 radical (unpaired) electrons. The van der Waals surface area contributed by atoms with Crippen LogP contribution in [0.2, 0.25) is 0 Å². The molecule has 0 aromatic carbocycles. The van der Waals surface area contributed by atoms with E-state index >= 15 is 0 Å². The highest BCUT2D eigenvalue weighted by atomic mass is 32.2. The lowest BCUT2D eigenvalue weighted by molar-refractivity contribution is -0.129. The minimum absolute atomic E-state index is 0.0790. The summed E-state index contributed by atoms with van der Waals surface area (Å²) in [6, 6.07) is 0. The Morgan fingerprint density at radius 1 is 1.19 bits per heavy atom. The number of hydrogen-bond donors (Lipinski definition) is 2. The van der Waals surface area contributed by atoms with Crippen molar-refractivity contribution >= 4 is 34.7 Å². The molecular weight excluding hydrogens is 294 g/mol. The van der Waals surface area contributed by atoms with Gasteiger partial charge in [0, 0.05) is 24.9 Å². The summed E-state index contributed by atoms with van der Waals surface area (Å²) in [5, 5.41) is 2.50. The van der Waals surface area contributed by atoms with Gasteiger partial charge in [-0.2, -0.15) is 0 Å². The lowest BCUT2D eigenvalue weighted by Gasteiger charge is -2.26. The van der Waals surface area contributed by atoms with Crippen LogP contribution in [0.5, 0.6) is 0 Å². The fourth-order valence-electron chi connectivity index (χ4n) is 2.67. The Morgan fingerprint density at radius 2 is 1.81 bits per heavy atom. The molecule has 1 saturated carbocycles. The second-order valence-electron chi connectivity index (χ2n) is 5.34. The number of primary amides is 1. The largest absolute Gasteiger partial charge is 0.369 e. The first-order chi connectivity index (χ1) is 9.99. The number of carbonyl (C=O) groups is 4. The maximum Gasteiger partial charge on any atom is 0.288 e. The normalized spacial score (nSPS) is 26.0. The summed E-state index contributed by atoms with van der Waals surface area (Å²) in [6.07, 6.45) is 2.59. The maximum atomic E-state index is 12.0. The molecule has 4 amide bonds. The van der Waals surface area contributed by atoms with Crippen molar-refractivity contribution in [3.8, 4) is 0 Å². The zero-order chi connectivity index (χ0) is 15.4. The highest BCUT2D eigenvalue weighted by Crippen LogP contribution is 2.28. The molecule has 2 rings (SSSR count). The van der Waals surface area contributed by atoms with E-state index in [0.717, 1.165) is 16.7 Å². The highest BCUT2D eigenvalue weighted by molar-refractivity contribution is 8.14. The van der Waals surface area contributed by atoms with E-state index in [1.807, 2.05) is 0 Å². The number of hydrogen-bond acceptors (Lipinski definition) is 5.